The Morgan fingerprint density at radius 3 is 2.69 bits per heavy atom. The van der Waals surface area contributed by atoms with Crippen molar-refractivity contribution in [3.63, 3.8) is 0 Å². The van der Waals surface area contributed by atoms with Gasteiger partial charge in [-0.3, -0.25) is 0 Å². The Kier molecular flexibility index (Phi) is 5.12. The molecule has 16 heavy (non-hydrogen) atoms. The molecule has 0 amide bonds. The van der Waals surface area contributed by atoms with Crippen molar-refractivity contribution in [3.8, 4) is 0 Å². The van der Waals surface area contributed by atoms with Gasteiger partial charge in [0.25, 0.3) is 0 Å². The average Bonchev–Trinajstić information content (AvgIpc) is 2.29. The molecule has 0 saturated carbocycles. The molecule has 90 valence electrons. The highest BCUT2D eigenvalue weighted by Crippen LogP contribution is 2.24. The van der Waals surface area contributed by atoms with Gasteiger partial charge in [0.2, 0.25) is 0 Å². The van der Waals surface area contributed by atoms with E-state index < -0.39 is 0 Å². The molecular weight excluding hydrogens is 200 g/mol. The predicted molar refractivity (Wildman–Crippen MR) is 70.3 cm³/mol. The lowest BCUT2D eigenvalue weighted by atomic mass is 10.2. The van der Waals surface area contributed by atoms with Crippen LogP contribution in [0.1, 0.15) is 13.8 Å². The number of ether oxygens (including phenoxy) is 1. The molecule has 0 spiro atoms. The summed E-state index contributed by atoms with van der Waals surface area (Å²) >= 11 is 0. The number of rotatable bonds is 6. The molecule has 1 aromatic rings. The average molecular weight is 222 g/mol. The van der Waals surface area contributed by atoms with Gasteiger partial charge in [0.15, 0.2) is 0 Å². The summed E-state index contributed by atoms with van der Waals surface area (Å²) in [7, 11) is 3.82. The molecule has 3 heteroatoms. The fraction of sp³-hybridized carbons (Fsp3) is 0.538. The molecule has 0 aromatic heterocycles. The summed E-state index contributed by atoms with van der Waals surface area (Å²) in [6.07, 6.45) is 0. The summed E-state index contributed by atoms with van der Waals surface area (Å²) in [5.41, 5.74) is 2.39. The molecule has 0 aliphatic carbocycles. The lowest BCUT2D eigenvalue weighted by Gasteiger charge is -2.23. The minimum absolute atomic E-state index is 0.316. The third kappa shape index (κ3) is 3.42. The normalized spacial score (nSPS) is 12.2. The van der Waals surface area contributed by atoms with E-state index in [1.165, 1.54) is 5.69 Å². The van der Waals surface area contributed by atoms with Crippen LogP contribution in [-0.2, 0) is 4.74 Å². The molecule has 1 N–H and O–H groups in total. The van der Waals surface area contributed by atoms with Crippen molar-refractivity contribution in [2.75, 3.05) is 37.5 Å². The van der Waals surface area contributed by atoms with Gasteiger partial charge in [0.1, 0.15) is 0 Å². The second-order valence-corrected chi connectivity index (χ2v) is 4.03. The fourth-order valence-electron chi connectivity index (χ4n) is 1.66. The molecule has 0 saturated heterocycles. The molecule has 0 radical (unpaired) electrons. The third-order valence-corrected chi connectivity index (χ3v) is 2.61. The number of benzene rings is 1. The van der Waals surface area contributed by atoms with Crippen molar-refractivity contribution in [2.24, 2.45) is 0 Å². The van der Waals surface area contributed by atoms with Crippen molar-refractivity contribution < 1.29 is 4.74 Å². The summed E-state index contributed by atoms with van der Waals surface area (Å²) in [6, 6.07) is 8.66. The molecule has 1 aromatic carbocycles. The van der Waals surface area contributed by atoms with E-state index in [-0.39, 0.29) is 0 Å². The minimum Gasteiger partial charge on any atom is -0.383 e. The highest BCUT2D eigenvalue weighted by Gasteiger charge is 2.07. The van der Waals surface area contributed by atoms with Gasteiger partial charge in [-0.15, -0.1) is 0 Å². The highest BCUT2D eigenvalue weighted by molar-refractivity contribution is 5.69. The topological polar surface area (TPSA) is 24.5 Å². The molecule has 0 bridgehead atoms. The van der Waals surface area contributed by atoms with Crippen LogP contribution in [0.2, 0.25) is 0 Å². The van der Waals surface area contributed by atoms with Crippen LogP contribution < -0.4 is 10.2 Å². The molecule has 0 aliphatic heterocycles. The van der Waals surface area contributed by atoms with E-state index in [0.29, 0.717) is 12.6 Å². The van der Waals surface area contributed by atoms with Crippen LogP contribution in [0.25, 0.3) is 0 Å². The van der Waals surface area contributed by atoms with E-state index in [4.69, 9.17) is 4.74 Å². The molecule has 1 rings (SSSR count). The first-order valence-corrected chi connectivity index (χ1v) is 5.74. The monoisotopic (exact) mass is 222 g/mol. The second kappa shape index (κ2) is 6.38. The summed E-state index contributed by atoms with van der Waals surface area (Å²) in [5.74, 6) is 0. The zero-order valence-corrected chi connectivity index (χ0v) is 10.7. The van der Waals surface area contributed by atoms with Crippen LogP contribution in [0.3, 0.4) is 0 Å². The Morgan fingerprint density at radius 2 is 2.06 bits per heavy atom. The van der Waals surface area contributed by atoms with Gasteiger partial charge < -0.3 is 15.0 Å². The van der Waals surface area contributed by atoms with Crippen molar-refractivity contribution in [2.45, 2.75) is 19.9 Å². The molecule has 3 nitrogen and oxygen atoms in total. The maximum absolute atomic E-state index is 5.13. The summed E-state index contributed by atoms with van der Waals surface area (Å²) in [5, 5.41) is 3.46. The van der Waals surface area contributed by atoms with Crippen molar-refractivity contribution in [3.05, 3.63) is 24.3 Å². The van der Waals surface area contributed by atoms with Crippen LogP contribution in [0.4, 0.5) is 11.4 Å². The lowest BCUT2D eigenvalue weighted by Crippen LogP contribution is -2.23. The van der Waals surface area contributed by atoms with Crippen molar-refractivity contribution in [1.82, 2.24) is 0 Å². The summed E-state index contributed by atoms with van der Waals surface area (Å²) in [6.45, 7) is 5.98. The van der Waals surface area contributed by atoms with E-state index in [1.807, 2.05) is 0 Å². The van der Waals surface area contributed by atoms with Crippen LogP contribution >= 0.6 is 0 Å². The largest absolute Gasteiger partial charge is 0.383 e. The lowest BCUT2D eigenvalue weighted by molar-refractivity contribution is 0.190. The maximum Gasteiger partial charge on any atom is 0.0661 e. The molecular formula is C13H22N2O. The first-order valence-electron chi connectivity index (χ1n) is 5.74. The van der Waals surface area contributed by atoms with E-state index >= 15 is 0 Å². The number of hydrogen-bond donors (Lipinski definition) is 1. The van der Waals surface area contributed by atoms with Gasteiger partial charge in [-0.25, -0.2) is 0 Å². The molecule has 1 unspecified atom stereocenters. The number of methoxy groups -OCH3 is 1. The minimum atomic E-state index is 0.316. The second-order valence-electron chi connectivity index (χ2n) is 4.03. The van der Waals surface area contributed by atoms with Gasteiger partial charge in [-0.2, -0.15) is 0 Å². The summed E-state index contributed by atoms with van der Waals surface area (Å²) in [4.78, 5) is 2.22. The standard InChI is InChI=1S/C13H22N2O/c1-5-15(3)13-9-7-6-8-12(13)14-11(2)10-16-4/h6-9,11,14H,5,10H2,1-4H3. The molecule has 1 atom stereocenters. The third-order valence-electron chi connectivity index (χ3n) is 2.61. The first-order chi connectivity index (χ1) is 7.69. The first kappa shape index (κ1) is 12.8. The summed E-state index contributed by atoms with van der Waals surface area (Å²) < 4.78 is 5.13. The fourth-order valence-corrected chi connectivity index (χ4v) is 1.66. The Morgan fingerprint density at radius 1 is 1.38 bits per heavy atom. The van der Waals surface area contributed by atoms with E-state index in [0.717, 1.165) is 12.2 Å². The van der Waals surface area contributed by atoms with E-state index in [2.05, 4.69) is 55.4 Å². The maximum atomic E-state index is 5.13. The zero-order valence-electron chi connectivity index (χ0n) is 10.7. The highest BCUT2D eigenvalue weighted by atomic mass is 16.5. The van der Waals surface area contributed by atoms with Crippen LogP contribution in [0, 0.1) is 0 Å². The quantitative estimate of drug-likeness (QED) is 0.800. The Balaban J connectivity index is 2.78. The Hall–Kier alpha value is -1.22. The van der Waals surface area contributed by atoms with Crippen LogP contribution in [-0.4, -0.2) is 33.4 Å². The number of nitrogens with zero attached hydrogens (tertiary/aromatic N) is 1. The number of nitrogens with one attached hydrogen (secondary N) is 1. The molecule has 0 fully saturated rings. The van der Waals surface area contributed by atoms with Gasteiger partial charge in [0, 0.05) is 26.7 Å². The Bertz CT molecular complexity index is 315. The zero-order chi connectivity index (χ0) is 12.0. The number of hydrogen-bond acceptors (Lipinski definition) is 3. The van der Waals surface area contributed by atoms with Crippen molar-refractivity contribution in [1.29, 1.82) is 0 Å². The number of para-hydroxylation sites is 2. The molecule has 0 aliphatic rings. The predicted octanol–water partition coefficient (Wildman–Crippen LogP) is 2.59. The Labute approximate surface area is 98.4 Å². The van der Waals surface area contributed by atoms with E-state index in [1.54, 1.807) is 7.11 Å². The van der Waals surface area contributed by atoms with Gasteiger partial charge in [0.05, 0.1) is 18.0 Å². The SMILES string of the molecule is CCN(C)c1ccccc1NC(C)COC. The van der Waals surface area contributed by atoms with Gasteiger partial charge >= 0.3 is 0 Å². The number of anilines is 2. The molecule has 0 heterocycles. The smallest absolute Gasteiger partial charge is 0.0661 e. The van der Waals surface area contributed by atoms with Gasteiger partial charge in [-0.1, -0.05) is 12.1 Å². The van der Waals surface area contributed by atoms with Crippen LogP contribution in [0.5, 0.6) is 0 Å². The van der Waals surface area contributed by atoms with E-state index in [9.17, 15) is 0 Å². The van der Waals surface area contributed by atoms with Gasteiger partial charge in [-0.05, 0) is 26.0 Å². The van der Waals surface area contributed by atoms with Crippen LogP contribution in [0.15, 0.2) is 24.3 Å². The van der Waals surface area contributed by atoms with Crippen molar-refractivity contribution >= 4 is 11.4 Å².